The summed E-state index contributed by atoms with van der Waals surface area (Å²) in [7, 11) is 0. The molecule has 12 heavy (non-hydrogen) atoms. The lowest BCUT2D eigenvalue weighted by molar-refractivity contribution is -0.136. The normalized spacial score (nSPS) is 29.7. The van der Waals surface area contributed by atoms with Crippen LogP contribution in [-0.2, 0) is 4.79 Å². The van der Waals surface area contributed by atoms with Gasteiger partial charge in [-0.15, -0.1) is 0 Å². The Bertz CT molecular complexity index is 206. The van der Waals surface area contributed by atoms with E-state index in [1.165, 1.54) is 6.42 Å². The molecule has 2 heteroatoms. The Morgan fingerprint density at radius 2 is 2.33 bits per heavy atom. The molecule has 2 unspecified atom stereocenters. The summed E-state index contributed by atoms with van der Waals surface area (Å²) in [6.45, 7) is 4.34. The van der Waals surface area contributed by atoms with Crippen molar-refractivity contribution in [2.24, 2.45) is 11.8 Å². The average molecular weight is 168 g/mol. The third-order valence-corrected chi connectivity index (χ3v) is 2.28. The fourth-order valence-corrected chi connectivity index (χ4v) is 2.03. The van der Waals surface area contributed by atoms with E-state index in [1.807, 2.05) is 0 Å². The number of hydrogen-bond acceptors (Lipinski definition) is 1. The van der Waals surface area contributed by atoms with Gasteiger partial charge < -0.3 is 5.11 Å². The van der Waals surface area contributed by atoms with Gasteiger partial charge in [0.15, 0.2) is 0 Å². The summed E-state index contributed by atoms with van der Waals surface area (Å²) in [5.74, 6) is 0.505. The van der Waals surface area contributed by atoms with E-state index in [-0.39, 0.29) is 6.42 Å². The van der Waals surface area contributed by atoms with Crippen molar-refractivity contribution in [1.82, 2.24) is 0 Å². The first-order valence-corrected chi connectivity index (χ1v) is 4.49. The molecule has 2 atom stereocenters. The molecule has 68 valence electrons. The summed E-state index contributed by atoms with van der Waals surface area (Å²) in [4.78, 5) is 10.4. The molecule has 0 saturated heterocycles. The molecule has 1 aliphatic rings. The third kappa shape index (κ3) is 2.68. The lowest BCUT2D eigenvalue weighted by atomic mass is 9.83. The molecule has 0 radical (unpaired) electrons. The number of allylic oxidation sites excluding steroid dienone is 1. The molecular weight excluding hydrogens is 152 g/mol. The van der Waals surface area contributed by atoms with Gasteiger partial charge in [-0.3, -0.25) is 4.79 Å². The van der Waals surface area contributed by atoms with Crippen LogP contribution < -0.4 is 0 Å². The Balaban J connectivity index is 2.57. The molecule has 0 bridgehead atoms. The van der Waals surface area contributed by atoms with Gasteiger partial charge in [-0.25, -0.2) is 0 Å². The molecule has 1 N–H and O–H groups in total. The van der Waals surface area contributed by atoms with E-state index in [9.17, 15) is 4.79 Å². The van der Waals surface area contributed by atoms with E-state index < -0.39 is 5.97 Å². The smallest absolute Gasteiger partial charge is 0.307 e. The van der Waals surface area contributed by atoms with Crippen molar-refractivity contribution in [3.8, 4) is 0 Å². The van der Waals surface area contributed by atoms with E-state index in [0.717, 1.165) is 12.0 Å². The van der Waals surface area contributed by atoms with Crippen LogP contribution in [0.1, 0.15) is 33.1 Å². The second-order valence-electron chi connectivity index (χ2n) is 3.92. The Labute approximate surface area is 73.3 Å². The number of carbonyl (C=O) groups is 1. The van der Waals surface area contributed by atoms with Gasteiger partial charge in [-0.1, -0.05) is 25.5 Å². The van der Waals surface area contributed by atoms with Crippen molar-refractivity contribution in [2.75, 3.05) is 0 Å². The lowest BCUT2D eigenvalue weighted by Gasteiger charge is -2.22. The predicted octanol–water partition coefficient (Wildman–Crippen LogP) is 2.45. The van der Waals surface area contributed by atoms with Gasteiger partial charge in [0.05, 0.1) is 6.42 Å². The van der Waals surface area contributed by atoms with E-state index in [1.54, 1.807) is 0 Å². The minimum atomic E-state index is -0.706. The average Bonchev–Trinajstić information content (AvgIpc) is 1.81. The van der Waals surface area contributed by atoms with Gasteiger partial charge in [0.2, 0.25) is 0 Å². The van der Waals surface area contributed by atoms with Crippen LogP contribution in [0.15, 0.2) is 11.6 Å². The van der Waals surface area contributed by atoms with Crippen molar-refractivity contribution in [3.63, 3.8) is 0 Å². The maximum Gasteiger partial charge on any atom is 0.307 e. The number of aliphatic carboxylic acids is 1. The summed E-state index contributed by atoms with van der Waals surface area (Å²) >= 11 is 0. The summed E-state index contributed by atoms with van der Waals surface area (Å²) < 4.78 is 0. The van der Waals surface area contributed by atoms with Crippen LogP contribution in [0, 0.1) is 11.8 Å². The molecular formula is C10H16O2. The van der Waals surface area contributed by atoms with Crippen LogP contribution in [0.4, 0.5) is 0 Å². The van der Waals surface area contributed by atoms with Crippen LogP contribution in [0.2, 0.25) is 0 Å². The highest BCUT2D eigenvalue weighted by atomic mass is 16.4. The number of carboxylic acid groups (broad SMARTS) is 1. The fourth-order valence-electron chi connectivity index (χ4n) is 2.03. The van der Waals surface area contributed by atoms with E-state index in [0.29, 0.717) is 11.8 Å². The number of rotatable bonds is 2. The van der Waals surface area contributed by atoms with Crippen molar-refractivity contribution in [3.05, 3.63) is 11.6 Å². The molecule has 0 aromatic rings. The maximum atomic E-state index is 10.4. The summed E-state index contributed by atoms with van der Waals surface area (Å²) in [6.07, 6.45) is 4.52. The Kier molecular flexibility index (Phi) is 2.90. The SMILES string of the molecule is CC1C=C(CC(=O)O)CC(C)C1. The van der Waals surface area contributed by atoms with Gasteiger partial charge >= 0.3 is 5.97 Å². The summed E-state index contributed by atoms with van der Waals surface area (Å²) in [6, 6.07) is 0. The minimum Gasteiger partial charge on any atom is -0.481 e. The third-order valence-electron chi connectivity index (χ3n) is 2.28. The molecule has 1 rings (SSSR count). The molecule has 0 spiro atoms. The predicted molar refractivity (Wildman–Crippen MR) is 47.9 cm³/mol. The topological polar surface area (TPSA) is 37.3 Å². The number of hydrogen-bond donors (Lipinski definition) is 1. The molecule has 0 aliphatic heterocycles. The molecule has 0 heterocycles. The Hall–Kier alpha value is -0.790. The molecule has 0 aromatic heterocycles. The van der Waals surface area contributed by atoms with Gasteiger partial charge in [0.1, 0.15) is 0 Å². The highest BCUT2D eigenvalue weighted by Gasteiger charge is 2.17. The fraction of sp³-hybridized carbons (Fsp3) is 0.700. The molecule has 0 aromatic carbocycles. The highest BCUT2D eigenvalue weighted by molar-refractivity contribution is 5.70. The van der Waals surface area contributed by atoms with Gasteiger partial charge in [0.25, 0.3) is 0 Å². The standard InChI is InChI=1S/C10H16O2/c1-7-3-8(2)5-9(4-7)6-10(11)12/h4,7-8H,3,5-6H2,1-2H3,(H,11,12). The van der Waals surface area contributed by atoms with Crippen LogP contribution in [0.25, 0.3) is 0 Å². The molecule has 1 aliphatic carbocycles. The van der Waals surface area contributed by atoms with Crippen molar-refractivity contribution < 1.29 is 9.90 Å². The first-order chi connectivity index (χ1) is 5.58. The van der Waals surface area contributed by atoms with E-state index in [2.05, 4.69) is 19.9 Å². The van der Waals surface area contributed by atoms with Crippen molar-refractivity contribution in [2.45, 2.75) is 33.1 Å². The van der Waals surface area contributed by atoms with Gasteiger partial charge in [0, 0.05) is 0 Å². The molecule has 2 nitrogen and oxygen atoms in total. The van der Waals surface area contributed by atoms with Crippen LogP contribution in [0.5, 0.6) is 0 Å². The highest BCUT2D eigenvalue weighted by Crippen LogP contribution is 2.28. The van der Waals surface area contributed by atoms with Crippen molar-refractivity contribution in [1.29, 1.82) is 0 Å². The minimum absolute atomic E-state index is 0.231. The second kappa shape index (κ2) is 3.74. The largest absolute Gasteiger partial charge is 0.481 e. The van der Waals surface area contributed by atoms with Gasteiger partial charge in [-0.05, 0) is 24.7 Å². The summed E-state index contributed by atoms with van der Waals surface area (Å²) in [5.41, 5.74) is 1.11. The van der Waals surface area contributed by atoms with E-state index in [4.69, 9.17) is 5.11 Å². The van der Waals surface area contributed by atoms with Crippen LogP contribution in [-0.4, -0.2) is 11.1 Å². The van der Waals surface area contributed by atoms with Crippen molar-refractivity contribution >= 4 is 5.97 Å². The maximum absolute atomic E-state index is 10.4. The van der Waals surface area contributed by atoms with Gasteiger partial charge in [-0.2, -0.15) is 0 Å². The Morgan fingerprint density at radius 3 is 2.83 bits per heavy atom. The van der Waals surface area contributed by atoms with Crippen LogP contribution in [0.3, 0.4) is 0 Å². The molecule has 0 amide bonds. The zero-order chi connectivity index (χ0) is 9.14. The molecule has 0 fully saturated rings. The monoisotopic (exact) mass is 168 g/mol. The van der Waals surface area contributed by atoms with Crippen LogP contribution >= 0.6 is 0 Å². The zero-order valence-corrected chi connectivity index (χ0v) is 7.71. The quantitative estimate of drug-likeness (QED) is 0.643. The zero-order valence-electron chi connectivity index (χ0n) is 7.71. The number of carboxylic acids is 1. The Morgan fingerprint density at radius 1 is 1.67 bits per heavy atom. The second-order valence-corrected chi connectivity index (χ2v) is 3.92. The summed E-state index contributed by atoms with van der Waals surface area (Å²) in [5, 5.41) is 8.60. The van der Waals surface area contributed by atoms with E-state index >= 15 is 0 Å². The lowest BCUT2D eigenvalue weighted by Crippen LogP contribution is -2.11. The molecule has 0 saturated carbocycles. The first-order valence-electron chi connectivity index (χ1n) is 4.49. The first kappa shape index (κ1) is 9.30.